The smallest absolute Gasteiger partial charge is 0.252 e. The van der Waals surface area contributed by atoms with Gasteiger partial charge in [0.25, 0.3) is 5.91 Å². The molecule has 0 saturated heterocycles. The van der Waals surface area contributed by atoms with Crippen molar-refractivity contribution in [3.05, 3.63) is 28.8 Å². The van der Waals surface area contributed by atoms with E-state index in [1.807, 2.05) is 6.92 Å². The van der Waals surface area contributed by atoms with E-state index in [9.17, 15) is 9.90 Å². The van der Waals surface area contributed by atoms with Gasteiger partial charge in [-0.3, -0.25) is 4.79 Å². The molecule has 1 unspecified atom stereocenters. The molecule has 4 N–H and O–H groups in total. The zero-order chi connectivity index (χ0) is 13.8. The molecule has 0 aliphatic rings. The van der Waals surface area contributed by atoms with Gasteiger partial charge in [0, 0.05) is 12.2 Å². The third-order valence-corrected chi connectivity index (χ3v) is 2.97. The number of hydrogen-bond acceptors (Lipinski definition) is 3. The van der Waals surface area contributed by atoms with Gasteiger partial charge < -0.3 is 16.2 Å². The lowest BCUT2D eigenvalue weighted by atomic mass is 10.0. The molecule has 1 rings (SSSR count). The summed E-state index contributed by atoms with van der Waals surface area (Å²) >= 11 is 5.93. The molecule has 1 amide bonds. The molecule has 0 heterocycles. The van der Waals surface area contributed by atoms with Gasteiger partial charge >= 0.3 is 0 Å². The number of rotatable bonds is 5. The summed E-state index contributed by atoms with van der Waals surface area (Å²) in [5, 5.41) is 12.9. The van der Waals surface area contributed by atoms with E-state index >= 15 is 0 Å². The molecule has 0 aromatic heterocycles. The average Bonchev–Trinajstić information content (AvgIpc) is 2.26. The number of carbonyl (C=O) groups is 1. The van der Waals surface area contributed by atoms with Crippen LogP contribution in [0.2, 0.25) is 5.02 Å². The van der Waals surface area contributed by atoms with Crippen LogP contribution in [0.4, 0.5) is 5.69 Å². The lowest BCUT2D eigenvalue weighted by Gasteiger charge is -2.23. The highest BCUT2D eigenvalue weighted by molar-refractivity contribution is 6.34. The van der Waals surface area contributed by atoms with Crippen LogP contribution < -0.4 is 11.1 Å². The fourth-order valence-electron chi connectivity index (χ4n) is 1.71. The van der Waals surface area contributed by atoms with Crippen molar-refractivity contribution in [2.75, 3.05) is 12.3 Å². The maximum absolute atomic E-state index is 11.9. The second-order valence-electron chi connectivity index (χ2n) is 4.67. The van der Waals surface area contributed by atoms with Crippen LogP contribution in [-0.2, 0) is 0 Å². The number of hydrogen-bond donors (Lipinski definition) is 3. The molecule has 1 atom stereocenters. The fraction of sp³-hybridized carbons (Fsp3) is 0.462. The lowest BCUT2D eigenvalue weighted by molar-refractivity contribution is 0.0469. The highest BCUT2D eigenvalue weighted by Crippen LogP contribution is 2.19. The molecular formula is C13H19ClN2O2. The van der Waals surface area contributed by atoms with Crippen LogP contribution in [0.1, 0.15) is 37.0 Å². The maximum atomic E-state index is 11.9. The molecule has 0 fully saturated rings. The Hall–Kier alpha value is -1.26. The van der Waals surface area contributed by atoms with Crippen LogP contribution in [0.25, 0.3) is 0 Å². The molecule has 1 aromatic rings. The Bertz CT molecular complexity index is 433. The highest BCUT2D eigenvalue weighted by Gasteiger charge is 2.20. The Kier molecular flexibility index (Phi) is 4.99. The van der Waals surface area contributed by atoms with E-state index in [4.69, 9.17) is 17.3 Å². The summed E-state index contributed by atoms with van der Waals surface area (Å²) in [7, 11) is 0. The van der Waals surface area contributed by atoms with Crippen molar-refractivity contribution >= 4 is 23.2 Å². The zero-order valence-corrected chi connectivity index (χ0v) is 11.4. The number of halogens is 1. The van der Waals surface area contributed by atoms with Crippen molar-refractivity contribution in [3.63, 3.8) is 0 Å². The number of nitrogen functional groups attached to an aromatic ring is 1. The third-order valence-electron chi connectivity index (χ3n) is 2.66. The van der Waals surface area contributed by atoms with Gasteiger partial charge in [-0.1, -0.05) is 24.9 Å². The largest absolute Gasteiger partial charge is 0.399 e. The van der Waals surface area contributed by atoms with E-state index in [-0.39, 0.29) is 12.5 Å². The minimum atomic E-state index is -0.898. The van der Waals surface area contributed by atoms with Gasteiger partial charge in [0.2, 0.25) is 0 Å². The van der Waals surface area contributed by atoms with Crippen LogP contribution in [0.5, 0.6) is 0 Å². The van der Waals surface area contributed by atoms with Gasteiger partial charge in [0.1, 0.15) is 0 Å². The van der Waals surface area contributed by atoms with E-state index in [0.29, 0.717) is 22.7 Å². The Morgan fingerprint density at radius 3 is 2.78 bits per heavy atom. The number of nitrogens with two attached hydrogens (primary N) is 1. The van der Waals surface area contributed by atoms with Crippen molar-refractivity contribution in [2.45, 2.75) is 32.3 Å². The number of carbonyl (C=O) groups excluding carboxylic acids is 1. The SMILES string of the molecule is CCCC(C)(O)CNC(=O)c1ccc(N)cc1Cl. The molecule has 0 aliphatic carbocycles. The predicted octanol–water partition coefficient (Wildman–Crippen LogP) is 2.20. The molecule has 0 aliphatic heterocycles. The van der Waals surface area contributed by atoms with Gasteiger partial charge in [-0.25, -0.2) is 0 Å². The normalized spacial score (nSPS) is 14.0. The summed E-state index contributed by atoms with van der Waals surface area (Å²) in [5.74, 6) is -0.309. The third kappa shape index (κ3) is 4.20. The average molecular weight is 271 g/mol. The van der Waals surface area contributed by atoms with E-state index < -0.39 is 5.60 Å². The Morgan fingerprint density at radius 1 is 1.56 bits per heavy atom. The van der Waals surface area contributed by atoms with Gasteiger partial charge in [-0.15, -0.1) is 0 Å². The van der Waals surface area contributed by atoms with Crippen molar-refractivity contribution in [2.24, 2.45) is 0 Å². The number of benzene rings is 1. The molecule has 0 bridgehead atoms. The van der Waals surface area contributed by atoms with E-state index in [1.54, 1.807) is 19.1 Å². The van der Waals surface area contributed by atoms with Crippen LogP contribution in [-0.4, -0.2) is 23.2 Å². The topological polar surface area (TPSA) is 75.3 Å². The number of aliphatic hydroxyl groups is 1. The predicted molar refractivity (Wildman–Crippen MR) is 73.7 cm³/mol. The first-order chi connectivity index (χ1) is 8.35. The van der Waals surface area contributed by atoms with Crippen LogP contribution >= 0.6 is 11.6 Å². The Labute approximate surface area is 112 Å². The molecule has 5 heteroatoms. The van der Waals surface area contributed by atoms with Gasteiger partial charge in [0.15, 0.2) is 0 Å². The minimum absolute atomic E-state index is 0.195. The molecular weight excluding hydrogens is 252 g/mol. The van der Waals surface area contributed by atoms with E-state index in [2.05, 4.69) is 5.32 Å². The Balaban J connectivity index is 2.66. The minimum Gasteiger partial charge on any atom is -0.399 e. The van der Waals surface area contributed by atoms with Gasteiger partial charge in [-0.2, -0.15) is 0 Å². The van der Waals surface area contributed by atoms with E-state index in [0.717, 1.165) is 6.42 Å². The first-order valence-corrected chi connectivity index (χ1v) is 6.29. The summed E-state index contributed by atoms with van der Waals surface area (Å²) in [6.45, 7) is 3.87. The summed E-state index contributed by atoms with van der Waals surface area (Å²) in [4.78, 5) is 11.9. The summed E-state index contributed by atoms with van der Waals surface area (Å²) in [5.41, 5.74) is 5.52. The van der Waals surface area contributed by atoms with Crippen LogP contribution in [0.15, 0.2) is 18.2 Å². The summed E-state index contributed by atoms with van der Waals surface area (Å²) < 4.78 is 0. The molecule has 1 aromatic carbocycles. The number of nitrogens with one attached hydrogen (secondary N) is 1. The lowest BCUT2D eigenvalue weighted by Crippen LogP contribution is -2.40. The maximum Gasteiger partial charge on any atom is 0.252 e. The monoisotopic (exact) mass is 270 g/mol. The Morgan fingerprint density at radius 2 is 2.22 bits per heavy atom. The number of amides is 1. The molecule has 0 radical (unpaired) electrons. The van der Waals surface area contributed by atoms with E-state index in [1.165, 1.54) is 6.07 Å². The highest BCUT2D eigenvalue weighted by atomic mass is 35.5. The molecule has 0 saturated carbocycles. The quantitative estimate of drug-likeness (QED) is 0.718. The zero-order valence-electron chi connectivity index (χ0n) is 10.7. The van der Waals surface area contributed by atoms with Crippen molar-refractivity contribution in [1.82, 2.24) is 5.32 Å². The molecule has 18 heavy (non-hydrogen) atoms. The molecule has 0 spiro atoms. The summed E-state index contributed by atoms with van der Waals surface area (Å²) in [6, 6.07) is 4.72. The van der Waals surface area contributed by atoms with Crippen LogP contribution in [0, 0.1) is 0 Å². The second kappa shape index (κ2) is 6.07. The fourth-order valence-corrected chi connectivity index (χ4v) is 1.98. The first-order valence-electron chi connectivity index (χ1n) is 5.91. The van der Waals surface area contributed by atoms with Gasteiger partial charge in [0.05, 0.1) is 16.2 Å². The molecule has 4 nitrogen and oxygen atoms in total. The van der Waals surface area contributed by atoms with Crippen molar-refractivity contribution in [1.29, 1.82) is 0 Å². The number of anilines is 1. The second-order valence-corrected chi connectivity index (χ2v) is 5.08. The molecule has 100 valence electrons. The first kappa shape index (κ1) is 14.8. The van der Waals surface area contributed by atoms with Crippen LogP contribution in [0.3, 0.4) is 0 Å². The van der Waals surface area contributed by atoms with Gasteiger partial charge in [-0.05, 0) is 31.5 Å². The summed E-state index contributed by atoms with van der Waals surface area (Å²) in [6.07, 6.45) is 1.48. The standard InChI is InChI=1S/C13H19ClN2O2/c1-3-6-13(2,18)8-16-12(17)10-5-4-9(15)7-11(10)14/h4-5,7,18H,3,6,8,15H2,1-2H3,(H,16,17). The van der Waals surface area contributed by atoms with Crippen molar-refractivity contribution in [3.8, 4) is 0 Å². The van der Waals surface area contributed by atoms with Crippen molar-refractivity contribution < 1.29 is 9.90 Å².